The molecule has 0 aliphatic carbocycles. The Labute approximate surface area is 127 Å². The largest absolute Gasteiger partial charge is 1.00 e. The molecule has 0 saturated heterocycles. The van der Waals surface area contributed by atoms with Crippen LogP contribution in [-0.4, -0.2) is 13.1 Å². The minimum atomic E-state index is 0. The van der Waals surface area contributed by atoms with Crippen LogP contribution >= 0.6 is 15.9 Å². The summed E-state index contributed by atoms with van der Waals surface area (Å²) < 4.78 is 1.10. The molecule has 0 bridgehead atoms. The van der Waals surface area contributed by atoms with Gasteiger partial charge < -0.3 is 25.7 Å². The van der Waals surface area contributed by atoms with Crippen molar-refractivity contribution in [1.29, 1.82) is 0 Å². The molecule has 0 aliphatic rings. The molecule has 1 aromatic rings. The van der Waals surface area contributed by atoms with E-state index < -0.39 is 0 Å². The molecule has 0 aliphatic heterocycles. The smallest absolute Gasteiger partial charge is 0.432 e. The van der Waals surface area contributed by atoms with Crippen LogP contribution in [0.3, 0.4) is 0 Å². The van der Waals surface area contributed by atoms with Crippen molar-refractivity contribution in [3.05, 3.63) is 49.5 Å². The number of rotatable bonds is 3. The fourth-order valence-corrected chi connectivity index (χ4v) is 1.29. The first kappa shape index (κ1) is 19.4. The third-order valence-electron chi connectivity index (χ3n) is 1.73. The van der Waals surface area contributed by atoms with Crippen molar-refractivity contribution in [3.63, 3.8) is 0 Å². The maximum atomic E-state index is 3.83. The Morgan fingerprint density at radius 1 is 1.12 bits per heavy atom. The summed E-state index contributed by atoms with van der Waals surface area (Å²) in [5.41, 5.74) is 1.17. The quantitative estimate of drug-likeness (QED) is 0.601. The van der Waals surface area contributed by atoms with E-state index in [4.69, 9.17) is 0 Å². The Kier molecular flexibility index (Phi) is 12.8. The zero-order chi connectivity index (χ0) is 12.6. The van der Waals surface area contributed by atoms with Gasteiger partial charge >= 0.3 is 18.9 Å². The summed E-state index contributed by atoms with van der Waals surface area (Å²) >= 11 is 3.39. The Balaban J connectivity index is 0. The molecule has 1 rings (SSSR count). The summed E-state index contributed by atoms with van der Waals surface area (Å²) in [4.78, 5) is 2.10. The first-order chi connectivity index (χ1) is 7.51. The van der Waals surface area contributed by atoms with E-state index in [0.717, 1.165) is 17.6 Å². The predicted octanol–water partition coefficient (Wildman–Crippen LogP) is 1.40. The van der Waals surface area contributed by atoms with E-state index in [1.165, 1.54) is 5.69 Å². The van der Waals surface area contributed by atoms with Gasteiger partial charge in [-0.25, -0.2) is 0 Å². The molecule has 0 heterocycles. The van der Waals surface area contributed by atoms with E-state index in [2.05, 4.69) is 67.6 Å². The molecule has 0 atom stereocenters. The topological polar surface area (TPSA) is 3.24 Å². The molecule has 1 nitrogen and oxygen atoms in total. The standard InChI is InChI=1S/C10H12BrN.C4H9.Li/c1-3-12(4-2)10-7-5-9(11)6-8-10;1-4(2)3;/h5-8H,1-4H2;4H,1H2,2-3H3;/q-2;-1;+1. The van der Waals surface area contributed by atoms with Crippen LogP contribution < -0.4 is 23.8 Å². The van der Waals surface area contributed by atoms with Gasteiger partial charge in [-0.3, -0.25) is 0 Å². The normalized spacial score (nSPS) is 9.12. The maximum absolute atomic E-state index is 3.83. The summed E-state index contributed by atoms with van der Waals surface area (Å²) in [5.74, 6) is 0.583. The van der Waals surface area contributed by atoms with E-state index in [9.17, 15) is 0 Å². The molecular weight excluding hydrogens is 269 g/mol. The minimum Gasteiger partial charge on any atom is -0.432 e. The molecule has 0 spiro atoms. The average molecular weight is 290 g/mol. The van der Waals surface area contributed by atoms with E-state index >= 15 is 0 Å². The first-order valence-electron chi connectivity index (χ1n) is 5.43. The zero-order valence-electron chi connectivity index (χ0n) is 11.2. The van der Waals surface area contributed by atoms with Crippen molar-refractivity contribution in [3.8, 4) is 0 Å². The third-order valence-corrected chi connectivity index (χ3v) is 2.26. The summed E-state index contributed by atoms with van der Waals surface area (Å²) in [7, 11) is 0. The van der Waals surface area contributed by atoms with E-state index in [1.807, 2.05) is 12.1 Å². The van der Waals surface area contributed by atoms with E-state index in [1.54, 1.807) is 0 Å². The second-order valence-electron chi connectivity index (χ2n) is 3.86. The predicted molar refractivity (Wildman–Crippen MR) is 77.3 cm³/mol. The van der Waals surface area contributed by atoms with Crippen molar-refractivity contribution >= 4 is 21.6 Å². The first-order valence-corrected chi connectivity index (χ1v) is 6.22. The van der Waals surface area contributed by atoms with Crippen LogP contribution in [-0.2, 0) is 0 Å². The van der Waals surface area contributed by atoms with Gasteiger partial charge in [-0.1, -0.05) is 29.8 Å². The van der Waals surface area contributed by atoms with E-state index in [0.29, 0.717) is 5.92 Å². The Morgan fingerprint density at radius 2 is 1.47 bits per heavy atom. The number of hydrogen-bond donors (Lipinski definition) is 0. The average Bonchev–Trinajstić information content (AvgIpc) is 2.22. The van der Waals surface area contributed by atoms with Gasteiger partial charge in [0, 0.05) is 10.2 Å². The van der Waals surface area contributed by atoms with Gasteiger partial charge in [0.2, 0.25) is 0 Å². The van der Waals surface area contributed by atoms with Gasteiger partial charge in [-0.2, -0.15) is 5.92 Å². The number of nitrogens with zero attached hydrogens (tertiary/aromatic N) is 1. The van der Waals surface area contributed by atoms with E-state index in [-0.39, 0.29) is 18.9 Å². The van der Waals surface area contributed by atoms with Crippen molar-refractivity contribution in [2.45, 2.75) is 13.8 Å². The molecule has 0 N–H and O–H groups in total. The zero-order valence-corrected chi connectivity index (χ0v) is 12.8. The van der Waals surface area contributed by atoms with Gasteiger partial charge in [0.1, 0.15) is 0 Å². The summed E-state index contributed by atoms with van der Waals surface area (Å²) in [6, 6.07) is 8.15. The molecular formula is C14H21BrLiN-2. The second-order valence-corrected chi connectivity index (χ2v) is 4.77. The maximum Gasteiger partial charge on any atom is 1.00 e. The molecule has 0 saturated carbocycles. The summed E-state index contributed by atoms with van der Waals surface area (Å²) in [5, 5.41) is 0. The molecule has 17 heavy (non-hydrogen) atoms. The third kappa shape index (κ3) is 9.77. The van der Waals surface area contributed by atoms with Crippen LogP contribution in [0, 0.1) is 26.7 Å². The van der Waals surface area contributed by atoms with Crippen molar-refractivity contribution in [2.75, 3.05) is 18.0 Å². The van der Waals surface area contributed by atoms with Crippen LogP contribution in [0.25, 0.3) is 0 Å². The SMILES string of the molecule is [CH2-]C(C)C.[CH2-]CN(C[CH2-])c1ccc(Br)cc1.[Li+]. The fourth-order valence-electron chi connectivity index (χ4n) is 1.02. The molecule has 1 aromatic carbocycles. The van der Waals surface area contributed by atoms with Crippen molar-refractivity contribution in [1.82, 2.24) is 0 Å². The summed E-state index contributed by atoms with van der Waals surface area (Å²) in [6.45, 7) is 16.9. The van der Waals surface area contributed by atoms with Gasteiger partial charge in [-0.15, -0.1) is 13.1 Å². The number of hydrogen-bond acceptors (Lipinski definition) is 1. The Morgan fingerprint density at radius 3 is 1.76 bits per heavy atom. The van der Waals surface area contributed by atoms with Gasteiger partial charge in [0.15, 0.2) is 0 Å². The number of benzene rings is 1. The summed E-state index contributed by atoms with van der Waals surface area (Å²) in [6.07, 6.45) is 0. The van der Waals surface area contributed by atoms with Gasteiger partial charge in [0.05, 0.1) is 0 Å². The minimum absolute atomic E-state index is 0. The second kappa shape index (κ2) is 11.2. The fraction of sp³-hybridized carbons (Fsp3) is 0.357. The Hall–Kier alpha value is 0.0974. The molecule has 92 valence electrons. The van der Waals surface area contributed by atoms with Gasteiger partial charge in [-0.05, 0) is 24.3 Å². The monoisotopic (exact) mass is 289 g/mol. The molecule has 0 amide bonds. The van der Waals surface area contributed by atoms with Crippen molar-refractivity contribution in [2.24, 2.45) is 5.92 Å². The molecule has 0 unspecified atom stereocenters. The van der Waals surface area contributed by atoms with Crippen LogP contribution in [0.15, 0.2) is 28.7 Å². The molecule has 3 heteroatoms. The van der Waals surface area contributed by atoms with Crippen LogP contribution in [0.5, 0.6) is 0 Å². The molecule has 0 fully saturated rings. The number of halogens is 1. The van der Waals surface area contributed by atoms with Crippen LogP contribution in [0.4, 0.5) is 5.69 Å². The molecule has 0 radical (unpaired) electrons. The molecule has 0 aromatic heterocycles. The number of anilines is 1. The van der Waals surface area contributed by atoms with Gasteiger partial charge in [0.25, 0.3) is 0 Å². The Bertz CT molecular complexity index is 265. The van der Waals surface area contributed by atoms with Crippen molar-refractivity contribution < 1.29 is 18.9 Å². The van der Waals surface area contributed by atoms with Crippen LogP contribution in [0.2, 0.25) is 0 Å². The van der Waals surface area contributed by atoms with Crippen LogP contribution in [0.1, 0.15) is 13.8 Å².